The zero-order chi connectivity index (χ0) is 14.5. The van der Waals surface area contributed by atoms with E-state index in [4.69, 9.17) is 5.11 Å². The van der Waals surface area contributed by atoms with Gasteiger partial charge in [0.25, 0.3) is 0 Å². The molecule has 3 N–H and O–H groups in total. The summed E-state index contributed by atoms with van der Waals surface area (Å²) in [5, 5.41) is 14.6. The van der Waals surface area contributed by atoms with E-state index in [0.717, 1.165) is 38.2 Å². The summed E-state index contributed by atoms with van der Waals surface area (Å²) in [6.45, 7) is 3.13. The van der Waals surface area contributed by atoms with E-state index < -0.39 is 12.0 Å². The number of piperidine rings is 3. The number of urea groups is 1. The number of carboxylic acid groups (broad SMARTS) is 1. The lowest BCUT2D eigenvalue weighted by Crippen LogP contribution is -2.59. The first-order chi connectivity index (χ1) is 9.60. The van der Waals surface area contributed by atoms with Gasteiger partial charge in [0.2, 0.25) is 0 Å². The van der Waals surface area contributed by atoms with Crippen LogP contribution in [0.2, 0.25) is 0 Å². The Labute approximate surface area is 123 Å². The highest BCUT2D eigenvalue weighted by Gasteiger charge is 2.35. The molecule has 3 fully saturated rings. The fraction of sp³-hybridized carbons (Fsp3) is 0.846. The normalized spacial score (nSPS) is 29.8. The molecule has 3 heterocycles. The number of amides is 2. The van der Waals surface area contributed by atoms with Crippen molar-refractivity contribution in [2.45, 2.75) is 31.3 Å². The van der Waals surface area contributed by atoms with Crippen LogP contribution in [0.25, 0.3) is 0 Å². The lowest BCUT2D eigenvalue weighted by atomic mass is 9.84. The number of nitrogens with zero attached hydrogens (tertiary/aromatic N) is 1. The second kappa shape index (κ2) is 7.17. The Hall–Kier alpha value is -0.950. The van der Waals surface area contributed by atoms with Crippen molar-refractivity contribution in [1.82, 2.24) is 15.5 Å². The van der Waals surface area contributed by atoms with Crippen molar-refractivity contribution in [2.24, 2.45) is 5.92 Å². The summed E-state index contributed by atoms with van der Waals surface area (Å²) in [4.78, 5) is 25.4. The molecule has 0 radical (unpaired) electrons. The third kappa shape index (κ3) is 4.02. The van der Waals surface area contributed by atoms with Crippen molar-refractivity contribution in [2.75, 3.05) is 31.6 Å². The van der Waals surface area contributed by atoms with Gasteiger partial charge < -0.3 is 20.6 Å². The van der Waals surface area contributed by atoms with Gasteiger partial charge in [0.05, 0.1) is 0 Å². The van der Waals surface area contributed by atoms with Gasteiger partial charge in [-0.05, 0) is 50.3 Å². The van der Waals surface area contributed by atoms with Gasteiger partial charge in [-0.15, -0.1) is 0 Å². The van der Waals surface area contributed by atoms with Crippen LogP contribution in [0.1, 0.15) is 19.3 Å². The van der Waals surface area contributed by atoms with Crippen molar-refractivity contribution in [3.8, 4) is 0 Å². The highest BCUT2D eigenvalue weighted by atomic mass is 32.2. The first-order valence-electron chi connectivity index (χ1n) is 7.11. The SMILES string of the molecule is CSCC[C@@H](NC(=O)NC1CN2CCC1CC2)C(=O)O. The zero-order valence-corrected chi connectivity index (χ0v) is 12.6. The highest BCUT2D eigenvalue weighted by molar-refractivity contribution is 7.98. The summed E-state index contributed by atoms with van der Waals surface area (Å²) in [6.07, 6.45) is 4.62. The number of carbonyl (C=O) groups excluding carboxylic acids is 1. The number of carboxylic acids is 1. The molecule has 2 atom stereocenters. The van der Waals surface area contributed by atoms with E-state index in [-0.39, 0.29) is 12.1 Å². The first-order valence-corrected chi connectivity index (χ1v) is 8.50. The maximum absolute atomic E-state index is 12.0. The summed E-state index contributed by atoms with van der Waals surface area (Å²) in [5.41, 5.74) is 0. The Bertz CT molecular complexity index is 359. The largest absolute Gasteiger partial charge is 0.480 e. The molecule has 3 rings (SSSR count). The summed E-state index contributed by atoms with van der Waals surface area (Å²) in [5.74, 6) is 0.292. The van der Waals surface area contributed by atoms with Crippen LogP contribution in [-0.2, 0) is 4.79 Å². The Morgan fingerprint density at radius 3 is 2.60 bits per heavy atom. The second-order valence-electron chi connectivity index (χ2n) is 5.53. The molecule has 0 aromatic rings. The minimum atomic E-state index is -0.969. The molecule has 3 aliphatic rings. The topological polar surface area (TPSA) is 81.7 Å². The first kappa shape index (κ1) is 15.4. The van der Waals surface area contributed by atoms with Gasteiger partial charge in [-0.2, -0.15) is 11.8 Å². The smallest absolute Gasteiger partial charge is 0.326 e. The minimum Gasteiger partial charge on any atom is -0.480 e. The predicted molar refractivity (Wildman–Crippen MR) is 79.0 cm³/mol. The molecular weight excluding hydrogens is 278 g/mol. The molecule has 2 bridgehead atoms. The fourth-order valence-corrected chi connectivity index (χ4v) is 3.46. The molecule has 0 aliphatic carbocycles. The van der Waals surface area contributed by atoms with E-state index in [1.807, 2.05) is 6.26 Å². The average molecular weight is 301 g/mol. The molecule has 7 heteroatoms. The molecule has 0 aromatic carbocycles. The number of nitrogens with one attached hydrogen (secondary N) is 2. The van der Waals surface area contributed by atoms with Gasteiger partial charge in [-0.3, -0.25) is 0 Å². The Morgan fingerprint density at radius 2 is 2.10 bits per heavy atom. The quantitative estimate of drug-likeness (QED) is 0.669. The van der Waals surface area contributed by atoms with Gasteiger partial charge in [0, 0.05) is 12.6 Å². The summed E-state index contributed by atoms with van der Waals surface area (Å²) >= 11 is 1.58. The summed E-state index contributed by atoms with van der Waals surface area (Å²) in [6, 6.07) is -0.992. The van der Waals surface area contributed by atoms with Gasteiger partial charge in [0.1, 0.15) is 6.04 Å². The summed E-state index contributed by atoms with van der Waals surface area (Å²) < 4.78 is 0. The predicted octanol–water partition coefficient (Wildman–Crippen LogP) is 0.586. The molecule has 1 unspecified atom stereocenters. The fourth-order valence-electron chi connectivity index (χ4n) is 2.99. The van der Waals surface area contributed by atoms with Crippen LogP contribution in [0.4, 0.5) is 4.79 Å². The molecule has 3 saturated heterocycles. The number of rotatable bonds is 6. The van der Waals surface area contributed by atoms with E-state index in [2.05, 4.69) is 15.5 Å². The average Bonchev–Trinajstić information content (AvgIpc) is 2.44. The molecule has 0 saturated carbocycles. The molecule has 20 heavy (non-hydrogen) atoms. The van der Waals surface area contributed by atoms with Crippen molar-refractivity contribution in [3.05, 3.63) is 0 Å². The monoisotopic (exact) mass is 301 g/mol. The summed E-state index contributed by atoms with van der Waals surface area (Å²) in [7, 11) is 0. The second-order valence-corrected chi connectivity index (χ2v) is 6.52. The molecule has 114 valence electrons. The number of thioether (sulfide) groups is 1. The van der Waals surface area contributed by atoms with Crippen molar-refractivity contribution < 1.29 is 14.7 Å². The van der Waals surface area contributed by atoms with Crippen molar-refractivity contribution in [3.63, 3.8) is 0 Å². The Kier molecular flexibility index (Phi) is 5.54. The van der Waals surface area contributed by atoms with E-state index in [9.17, 15) is 9.59 Å². The van der Waals surface area contributed by atoms with Crippen LogP contribution in [0.5, 0.6) is 0 Å². The number of carbonyl (C=O) groups is 2. The van der Waals surface area contributed by atoms with Crippen LogP contribution in [-0.4, -0.2) is 65.7 Å². The van der Waals surface area contributed by atoms with Crippen molar-refractivity contribution >= 4 is 23.8 Å². The molecule has 0 spiro atoms. The van der Waals surface area contributed by atoms with Crippen LogP contribution in [0.15, 0.2) is 0 Å². The van der Waals surface area contributed by atoms with E-state index in [1.165, 1.54) is 0 Å². The van der Waals surface area contributed by atoms with Crippen LogP contribution in [0, 0.1) is 5.92 Å². The maximum atomic E-state index is 12.0. The molecule has 6 nitrogen and oxygen atoms in total. The Morgan fingerprint density at radius 1 is 1.40 bits per heavy atom. The van der Waals surface area contributed by atoms with Crippen LogP contribution in [0.3, 0.4) is 0 Å². The standard InChI is InChI=1S/C13H23N3O3S/c1-20-7-4-10(12(17)18)14-13(19)15-11-8-16-5-2-9(11)3-6-16/h9-11H,2-8H2,1H3,(H,17,18)(H2,14,15,19)/t10-,11?/m1/s1. The Balaban J connectivity index is 1.80. The molecular formula is C13H23N3O3S. The number of hydrogen-bond donors (Lipinski definition) is 3. The van der Waals surface area contributed by atoms with Gasteiger partial charge in [-0.1, -0.05) is 0 Å². The zero-order valence-electron chi connectivity index (χ0n) is 11.8. The van der Waals surface area contributed by atoms with Gasteiger partial charge in [-0.25, -0.2) is 9.59 Å². The maximum Gasteiger partial charge on any atom is 0.326 e. The molecule has 2 amide bonds. The number of aliphatic carboxylic acids is 1. The third-order valence-corrected chi connectivity index (χ3v) is 4.83. The third-order valence-electron chi connectivity index (χ3n) is 4.19. The van der Waals surface area contributed by atoms with E-state index in [1.54, 1.807) is 11.8 Å². The lowest BCUT2D eigenvalue weighted by Gasteiger charge is -2.44. The molecule has 0 aromatic heterocycles. The van der Waals surface area contributed by atoms with Crippen LogP contribution >= 0.6 is 11.8 Å². The van der Waals surface area contributed by atoms with Crippen LogP contribution < -0.4 is 10.6 Å². The highest BCUT2D eigenvalue weighted by Crippen LogP contribution is 2.27. The van der Waals surface area contributed by atoms with Crippen molar-refractivity contribution in [1.29, 1.82) is 0 Å². The van der Waals surface area contributed by atoms with E-state index >= 15 is 0 Å². The number of fused-ring (bicyclic) bond motifs is 3. The molecule has 3 aliphatic heterocycles. The number of hydrogen-bond acceptors (Lipinski definition) is 4. The van der Waals surface area contributed by atoms with E-state index in [0.29, 0.717) is 12.3 Å². The van der Waals surface area contributed by atoms with Gasteiger partial charge in [0.15, 0.2) is 0 Å². The van der Waals surface area contributed by atoms with Gasteiger partial charge >= 0.3 is 12.0 Å². The lowest BCUT2D eigenvalue weighted by molar-refractivity contribution is -0.139. The minimum absolute atomic E-state index is 0.160.